The average Bonchev–Trinajstić information content (AvgIpc) is 3.13. The predicted octanol–water partition coefficient (Wildman–Crippen LogP) is 0.687. The molecule has 3 aliphatic heterocycles. The van der Waals surface area contributed by atoms with Crippen molar-refractivity contribution in [1.82, 2.24) is 10.9 Å². The van der Waals surface area contributed by atoms with Gasteiger partial charge in [0.2, 0.25) is 6.79 Å². The third kappa shape index (κ3) is 2.38. The molecule has 4 atom stereocenters. The minimum atomic E-state index is -0.114. The van der Waals surface area contributed by atoms with E-state index in [1.807, 2.05) is 6.07 Å². The minimum absolute atomic E-state index is 0.114. The molecule has 2 saturated heterocycles. The molecule has 4 unspecified atom stereocenters. The van der Waals surface area contributed by atoms with E-state index in [0.29, 0.717) is 12.7 Å². The molecule has 0 aliphatic carbocycles. The highest BCUT2D eigenvalue weighted by atomic mass is 16.7. The maximum absolute atomic E-state index is 6.27. The topological polar surface area (TPSA) is 77.8 Å². The van der Waals surface area contributed by atoms with E-state index >= 15 is 0 Å². The standard InChI is InChI=1S/C15H21N3O3/c16-15-13(9-3-4-11-12(6-9)21-8-20-11)14(17-18-15)10-2-1-5-19-7-10/h3-4,6,10,13-15,17-18H,1-2,5,7-8,16H2. The molecule has 1 aromatic carbocycles. The third-order valence-corrected chi connectivity index (χ3v) is 4.68. The minimum Gasteiger partial charge on any atom is -0.454 e. The molecule has 4 rings (SSSR count). The van der Waals surface area contributed by atoms with Crippen LogP contribution in [0.5, 0.6) is 11.5 Å². The third-order valence-electron chi connectivity index (χ3n) is 4.68. The zero-order valence-corrected chi connectivity index (χ0v) is 11.9. The maximum atomic E-state index is 6.27. The fourth-order valence-electron chi connectivity index (χ4n) is 3.59. The van der Waals surface area contributed by atoms with Gasteiger partial charge in [0.15, 0.2) is 11.5 Å². The molecule has 3 aliphatic rings. The zero-order chi connectivity index (χ0) is 14.2. The highest BCUT2D eigenvalue weighted by Crippen LogP contribution is 2.38. The molecule has 6 nitrogen and oxygen atoms in total. The van der Waals surface area contributed by atoms with Crippen LogP contribution in [0, 0.1) is 5.92 Å². The Morgan fingerprint density at radius 3 is 2.90 bits per heavy atom. The van der Waals surface area contributed by atoms with Gasteiger partial charge in [0.25, 0.3) is 0 Å². The van der Waals surface area contributed by atoms with Crippen LogP contribution in [0.15, 0.2) is 18.2 Å². The number of rotatable bonds is 2. The molecule has 0 spiro atoms. The van der Waals surface area contributed by atoms with Gasteiger partial charge in [-0.3, -0.25) is 5.43 Å². The molecule has 21 heavy (non-hydrogen) atoms. The van der Waals surface area contributed by atoms with Crippen molar-refractivity contribution in [2.24, 2.45) is 11.7 Å². The van der Waals surface area contributed by atoms with Crippen molar-refractivity contribution in [2.75, 3.05) is 20.0 Å². The first-order valence-electron chi connectivity index (χ1n) is 7.57. The Labute approximate surface area is 123 Å². The van der Waals surface area contributed by atoms with Gasteiger partial charge in [0.05, 0.1) is 12.8 Å². The summed E-state index contributed by atoms with van der Waals surface area (Å²) in [6, 6.07) is 6.39. The van der Waals surface area contributed by atoms with Crippen molar-refractivity contribution in [1.29, 1.82) is 0 Å². The highest BCUT2D eigenvalue weighted by Gasteiger charge is 2.40. The highest BCUT2D eigenvalue weighted by molar-refractivity contribution is 5.46. The van der Waals surface area contributed by atoms with Gasteiger partial charge in [-0.15, -0.1) is 0 Å². The molecule has 0 bridgehead atoms. The Morgan fingerprint density at radius 1 is 1.14 bits per heavy atom. The van der Waals surface area contributed by atoms with Gasteiger partial charge in [-0.2, -0.15) is 0 Å². The van der Waals surface area contributed by atoms with E-state index in [4.69, 9.17) is 19.9 Å². The van der Waals surface area contributed by atoms with Crippen molar-refractivity contribution in [3.8, 4) is 11.5 Å². The Bertz CT molecular complexity index is 519. The van der Waals surface area contributed by atoms with Crippen LogP contribution < -0.4 is 26.1 Å². The van der Waals surface area contributed by atoms with E-state index < -0.39 is 0 Å². The summed E-state index contributed by atoms with van der Waals surface area (Å²) >= 11 is 0. The average molecular weight is 291 g/mol. The smallest absolute Gasteiger partial charge is 0.231 e. The van der Waals surface area contributed by atoms with E-state index in [0.717, 1.165) is 31.1 Å². The lowest BCUT2D eigenvalue weighted by atomic mass is 9.81. The van der Waals surface area contributed by atoms with Crippen molar-refractivity contribution in [2.45, 2.75) is 31.0 Å². The zero-order valence-electron chi connectivity index (χ0n) is 11.9. The van der Waals surface area contributed by atoms with Crippen molar-refractivity contribution < 1.29 is 14.2 Å². The number of benzene rings is 1. The summed E-state index contributed by atoms with van der Waals surface area (Å²) in [6.45, 7) is 1.97. The molecular formula is C15H21N3O3. The van der Waals surface area contributed by atoms with E-state index in [1.54, 1.807) is 0 Å². The number of fused-ring (bicyclic) bond motifs is 1. The summed E-state index contributed by atoms with van der Waals surface area (Å²) < 4.78 is 16.5. The van der Waals surface area contributed by atoms with E-state index in [-0.39, 0.29) is 18.1 Å². The Kier molecular flexibility index (Phi) is 3.46. The summed E-state index contributed by atoms with van der Waals surface area (Å²) in [5.74, 6) is 2.30. The molecular weight excluding hydrogens is 270 g/mol. The molecule has 0 radical (unpaired) electrons. The first-order valence-corrected chi connectivity index (χ1v) is 7.57. The molecule has 1 aromatic rings. The fraction of sp³-hybridized carbons (Fsp3) is 0.600. The lowest BCUT2D eigenvalue weighted by Crippen LogP contribution is -2.41. The summed E-state index contributed by atoms with van der Waals surface area (Å²) in [5, 5.41) is 0. The van der Waals surface area contributed by atoms with Crippen LogP contribution in [-0.2, 0) is 4.74 Å². The second kappa shape index (κ2) is 5.46. The number of hydrazine groups is 1. The van der Waals surface area contributed by atoms with Crippen LogP contribution >= 0.6 is 0 Å². The number of nitrogens with one attached hydrogen (secondary N) is 2. The fourth-order valence-corrected chi connectivity index (χ4v) is 3.59. The molecule has 6 heteroatoms. The van der Waals surface area contributed by atoms with Crippen LogP contribution in [0.2, 0.25) is 0 Å². The second-order valence-electron chi connectivity index (χ2n) is 5.96. The summed E-state index contributed by atoms with van der Waals surface area (Å²) in [5.41, 5.74) is 14.0. The van der Waals surface area contributed by atoms with E-state index in [9.17, 15) is 0 Å². The monoisotopic (exact) mass is 291 g/mol. The summed E-state index contributed by atoms with van der Waals surface area (Å²) in [6.07, 6.45) is 2.18. The lowest BCUT2D eigenvalue weighted by Gasteiger charge is -2.31. The van der Waals surface area contributed by atoms with Crippen LogP contribution in [0.25, 0.3) is 0 Å². The van der Waals surface area contributed by atoms with Gasteiger partial charge in [0, 0.05) is 18.6 Å². The van der Waals surface area contributed by atoms with Gasteiger partial charge in [-0.1, -0.05) is 6.07 Å². The predicted molar refractivity (Wildman–Crippen MR) is 76.9 cm³/mol. The Morgan fingerprint density at radius 2 is 2.05 bits per heavy atom. The van der Waals surface area contributed by atoms with Crippen molar-refractivity contribution in [3.63, 3.8) is 0 Å². The van der Waals surface area contributed by atoms with Crippen molar-refractivity contribution in [3.05, 3.63) is 23.8 Å². The molecule has 4 N–H and O–H groups in total. The first kappa shape index (κ1) is 13.3. The molecule has 3 heterocycles. The first-order chi connectivity index (χ1) is 10.3. The Hall–Kier alpha value is -1.34. The largest absolute Gasteiger partial charge is 0.454 e. The van der Waals surface area contributed by atoms with Crippen LogP contribution in [0.3, 0.4) is 0 Å². The van der Waals surface area contributed by atoms with Crippen LogP contribution in [0.1, 0.15) is 24.3 Å². The summed E-state index contributed by atoms with van der Waals surface area (Å²) in [7, 11) is 0. The number of hydrogen-bond donors (Lipinski definition) is 3. The van der Waals surface area contributed by atoms with Crippen LogP contribution in [-0.4, -0.2) is 32.2 Å². The normalized spacial score (nSPS) is 35.1. The molecule has 0 saturated carbocycles. The second-order valence-corrected chi connectivity index (χ2v) is 5.96. The molecule has 0 amide bonds. The SMILES string of the molecule is NC1NNC(C2CCCOC2)C1c1ccc2c(c1)OCO2. The lowest BCUT2D eigenvalue weighted by molar-refractivity contribution is 0.0388. The van der Waals surface area contributed by atoms with Crippen molar-refractivity contribution >= 4 is 0 Å². The van der Waals surface area contributed by atoms with E-state index in [1.165, 1.54) is 12.0 Å². The van der Waals surface area contributed by atoms with Gasteiger partial charge >= 0.3 is 0 Å². The molecule has 114 valence electrons. The van der Waals surface area contributed by atoms with Gasteiger partial charge in [-0.05, 0) is 36.5 Å². The molecule has 2 fully saturated rings. The molecule has 0 aromatic heterocycles. The quantitative estimate of drug-likeness (QED) is 0.744. The maximum Gasteiger partial charge on any atom is 0.231 e. The van der Waals surface area contributed by atoms with Crippen LogP contribution in [0.4, 0.5) is 0 Å². The number of nitrogens with two attached hydrogens (primary N) is 1. The number of hydrogen-bond acceptors (Lipinski definition) is 6. The number of ether oxygens (including phenoxy) is 3. The van der Waals surface area contributed by atoms with E-state index in [2.05, 4.69) is 23.0 Å². The van der Waals surface area contributed by atoms with Gasteiger partial charge in [0.1, 0.15) is 0 Å². The van der Waals surface area contributed by atoms with Gasteiger partial charge < -0.3 is 19.9 Å². The summed E-state index contributed by atoms with van der Waals surface area (Å²) in [4.78, 5) is 0. The Balaban J connectivity index is 1.61. The van der Waals surface area contributed by atoms with Gasteiger partial charge in [-0.25, -0.2) is 5.43 Å².